The molecule has 1 aromatic rings. The third kappa shape index (κ3) is 14.5. The summed E-state index contributed by atoms with van der Waals surface area (Å²) in [7, 11) is 1.61. The van der Waals surface area contributed by atoms with Crippen molar-refractivity contribution in [1.29, 1.82) is 0 Å². The Morgan fingerprint density at radius 1 is 1.00 bits per heavy atom. The van der Waals surface area contributed by atoms with Crippen molar-refractivity contribution < 1.29 is 35.8 Å². The maximum absolute atomic E-state index is 13.4. The molecule has 0 radical (unpaired) electrons. The number of ether oxygens (including phenoxy) is 2. The molecule has 1 saturated carbocycles. The molecule has 1 fully saturated rings. The largest absolute Gasteiger partial charge is 0.489 e. The molecule has 1 aromatic carbocycles. The van der Waals surface area contributed by atoms with Crippen LogP contribution < -0.4 is 0 Å². The lowest BCUT2D eigenvalue weighted by Crippen LogP contribution is -2.17. The summed E-state index contributed by atoms with van der Waals surface area (Å²) < 4.78 is 85.2. The van der Waals surface area contributed by atoms with E-state index < -0.39 is 24.0 Å². The molecule has 11 heteroatoms. The van der Waals surface area contributed by atoms with Crippen LogP contribution in [-0.4, -0.2) is 37.1 Å². The van der Waals surface area contributed by atoms with Gasteiger partial charge in [0.1, 0.15) is 18.1 Å². The molecule has 0 spiro atoms. The van der Waals surface area contributed by atoms with E-state index in [1.165, 1.54) is 6.92 Å². The van der Waals surface area contributed by atoms with Crippen LogP contribution in [0.15, 0.2) is 98.7 Å². The minimum absolute atomic E-state index is 0.143. The number of alkyl halides is 6. The van der Waals surface area contributed by atoms with Crippen molar-refractivity contribution in [2.45, 2.75) is 106 Å². The minimum Gasteiger partial charge on any atom is -0.489 e. The van der Waals surface area contributed by atoms with E-state index in [1.807, 2.05) is 53.0 Å². The molecular weight excluding hydrogens is 656 g/mol. The van der Waals surface area contributed by atoms with Crippen molar-refractivity contribution in [1.82, 2.24) is 0 Å². The van der Waals surface area contributed by atoms with Gasteiger partial charge in [-0.25, -0.2) is 9.98 Å². The van der Waals surface area contributed by atoms with Crippen LogP contribution in [0.4, 0.5) is 26.3 Å². The maximum atomic E-state index is 13.4. The van der Waals surface area contributed by atoms with Gasteiger partial charge in [0.25, 0.3) is 0 Å². The fourth-order valence-corrected chi connectivity index (χ4v) is 4.18. The molecule has 0 aliphatic heterocycles. The average molecular weight is 710 g/mol. The lowest BCUT2D eigenvalue weighted by atomic mass is 9.95. The second-order valence-corrected chi connectivity index (χ2v) is 12.2. The van der Waals surface area contributed by atoms with Gasteiger partial charge in [-0.3, -0.25) is 4.99 Å². The Morgan fingerprint density at radius 3 is 2.00 bits per heavy atom. The molecular formula is C39H53F6N3O2. The van der Waals surface area contributed by atoms with Crippen LogP contribution in [0.2, 0.25) is 0 Å². The van der Waals surface area contributed by atoms with Gasteiger partial charge in [-0.15, -0.1) is 0 Å². The highest BCUT2D eigenvalue weighted by atomic mass is 19.4. The molecule has 0 saturated heterocycles. The molecule has 0 heterocycles. The number of allylic oxidation sites excluding steroid dienone is 5. The van der Waals surface area contributed by atoms with Gasteiger partial charge in [0.2, 0.25) is 5.88 Å². The maximum Gasteiger partial charge on any atom is 0.433 e. The van der Waals surface area contributed by atoms with Crippen molar-refractivity contribution in [2.24, 2.45) is 32.7 Å². The summed E-state index contributed by atoms with van der Waals surface area (Å²) in [6.07, 6.45) is 0.357. The number of halogens is 6. The average Bonchev–Trinajstić information content (AvgIpc) is 3.92. The van der Waals surface area contributed by atoms with Crippen LogP contribution in [-0.2, 0) is 16.1 Å². The van der Waals surface area contributed by atoms with Crippen molar-refractivity contribution in [3.8, 4) is 0 Å². The highest BCUT2D eigenvalue weighted by Crippen LogP contribution is 2.41. The molecule has 50 heavy (non-hydrogen) atoms. The van der Waals surface area contributed by atoms with Crippen LogP contribution in [0, 0.1) is 17.8 Å². The number of hydrogen-bond donors (Lipinski definition) is 0. The van der Waals surface area contributed by atoms with E-state index in [0.29, 0.717) is 41.7 Å². The predicted molar refractivity (Wildman–Crippen MR) is 193 cm³/mol. The Hall–Kier alpha value is -3.89. The lowest BCUT2D eigenvalue weighted by molar-refractivity contribution is -0.164. The SMILES string of the molecule is C=C(OCc1ccc(C(=N/C(=C\C)C(F)(F)F)C(C)CC)cc1)\C(C)=C/N=C(CC)\C(C(=C)C1CC1)=C(\N=C/CC)OC.CC(C)C(F)(F)F. The Kier molecular flexibility index (Phi) is 18.3. The number of rotatable bonds is 16. The molecule has 5 nitrogen and oxygen atoms in total. The quantitative estimate of drug-likeness (QED) is 0.0742. The summed E-state index contributed by atoms with van der Waals surface area (Å²) in [6, 6.07) is 7.23. The first-order valence-corrected chi connectivity index (χ1v) is 16.9. The number of nitrogens with zero attached hydrogens (tertiary/aromatic N) is 3. The second-order valence-electron chi connectivity index (χ2n) is 12.2. The van der Waals surface area contributed by atoms with Gasteiger partial charge in [0, 0.05) is 23.9 Å². The highest BCUT2D eigenvalue weighted by Gasteiger charge is 2.34. The third-order valence-electron chi connectivity index (χ3n) is 7.87. The number of methoxy groups -OCH3 is 1. The minimum atomic E-state index is -4.51. The van der Waals surface area contributed by atoms with Crippen molar-refractivity contribution in [3.05, 3.63) is 94.9 Å². The van der Waals surface area contributed by atoms with E-state index in [9.17, 15) is 26.3 Å². The van der Waals surface area contributed by atoms with Gasteiger partial charge < -0.3 is 9.47 Å². The summed E-state index contributed by atoms with van der Waals surface area (Å²) in [5, 5.41) is 0. The van der Waals surface area contributed by atoms with Gasteiger partial charge in [-0.05, 0) is 74.5 Å². The molecule has 1 atom stereocenters. The van der Waals surface area contributed by atoms with Gasteiger partial charge in [0.05, 0.1) is 24.1 Å². The zero-order valence-corrected chi connectivity index (χ0v) is 30.9. The topological polar surface area (TPSA) is 55.5 Å². The molecule has 2 rings (SSSR count). The van der Waals surface area contributed by atoms with Crippen LogP contribution in [0.3, 0.4) is 0 Å². The summed E-state index contributed by atoms with van der Waals surface area (Å²) in [5.41, 5.74) is 4.44. The van der Waals surface area contributed by atoms with E-state index in [0.717, 1.165) is 67.2 Å². The van der Waals surface area contributed by atoms with Crippen molar-refractivity contribution in [3.63, 3.8) is 0 Å². The highest BCUT2D eigenvalue weighted by molar-refractivity contribution is 6.05. The lowest BCUT2D eigenvalue weighted by Gasteiger charge is -2.16. The van der Waals surface area contributed by atoms with E-state index in [2.05, 4.69) is 23.1 Å². The zero-order valence-electron chi connectivity index (χ0n) is 30.9. The Morgan fingerprint density at radius 2 is 1.58 bits per heavy atom. The molecule has 0 amide bonds. The van der Waals surface area contributed by atoms with Crippen LogP contribution in [0.1, 0.15) is 98.6 Å². The standard InChI is InChI=1S/C35H46F3N3O2.C4H7F3/c1-10-20-39-34(42-9)32(25(7)28-18-19-28)30(12-3)40-21-24(6)26(8)43-22-27-14-16-29(17-15-27)33(23(5)11-2)41-31(13-4)35(36,37)38;1-3(2)4(5,6)7/h13-17,20-21,23,28H,7-8,10-12,18-19,22H2,1-6,9H3;3H,1-2H3/b24-21-,31-13-,34-32-,39-20-,40-30-,41-33?;. The van der Waals surface area contributed by atoms with E-state index in [4.69, 9.17) is 14.5 Å². The number of aliphatic imine (C=N–C) groups is 3. The molecule has 278 valence electrons. The predicted octanol–water partition coefficient (Wildman–Crippen LogP) is 12.3. The molecule has 1 aliphatic rings. The monoisotopic (exact) mass is 709 g/mol. The fourth-order valence-electron chi connectivity index (χ4n) is 4.18. The Balaban J connectivity index is 0.00000161. The fraction of sp³-hybridized carbons (Fsp3) is 0.513. The van der Waals surface area contributed by atoms with Gasteiger partial charge >= 0.3 is 12.4 Å². The zero-order chi connectivity index (χ0) is 38.2. The van der Waals surface area contributed by atoms with Crippen molar-refractivity contribution >= 4 is 17.6 Å². The first-order chi connectivity index (χ1) is 23.4. The Labute approximate surface area is 294 Å². The number of benzene rings is 1. The third-order valence-corrected chi connectivity index (χ3v) is 7.87. The molecule has 0 aromatic heterocycles. The second kappa shape index (κ2) is 20.7. The van der Waals surface area contributed by atoms with E-state index in [1.54, 1.807) is 25.4 Å². The molecule has 0 bridgehead atoms. The van der Waals surface area contributed by atoms with Crippen molar-refractivity contribution in [2.75, 3.05) is 7.11 Å². The summed E-state index contributed by atoms with van der Waals surface area (Å²) in [5.74, 6) is 0.0652. The van der Waals surface area contributed by atoms with E-state index >= 15 is 0 Å². The first-order valence-electron chi connectivity index (χ1n) is 16.9. The summed E-state index contributed by atoms with van der Waals surface area (Å²) in [6.45, 7) is 22.0. The van der Waals surface area contributed by atoms with Crippen LogP contribution >= 0.6 is 0 Å². The molecule has 0 N–H and O–H groups in total. The van der Waals surface area contributed by atoms with Gasteiger partial charge in [0.15, 0.2) is 0 Å². The normalized spacial score (nSPS) is 16.2. The Bertz CT molecular complexity index is 1460. The van der Waals surface area contributed by atoms with Gasteiger partial charge in [-0.2, -0.15) is 26.3 Å². The smallest absolute Gasteiger partial charge is 0.433 e. The first kappa shape index (κ1) is 44.1. The van der Waals surface area contributed by atoms with Gasteiger partial charge in [-0.1, -0.05) is 85.0 Å². The summed E-state index contributed by atoms with van der Waals surface area (Å²) in [4.78, 5) is 13.3. The summed E-state index contributed by atoms with van der Waals surface area (Å²) >= 11 is 0. The molecule has 1 unspecified atom stereocenters. The number of hydrogen-bond acceptors (Lipinski definition) is 5. The molecule has 1 aliphatic carbocycles. The van der Waals surface area contributed by atoms with E-state index in [-0.39, 0.29) is 12.5 Å². The van der Waals surface area contributed by atoms with Crippen LogP contribution in [0.25, 0.3) is 0 Å². The van der Waals surface area contributed by atoms with Crippen LogP contribution in [0.5, 0.6) is 0 Å².